The second-order valence-corrected chi connectivity index (χ2v) is 8.59. The van der Waals surface area contributed by atoms with E-state index in [-0.39, 0.29) is 0 Å². The SMILES string of the molecule is COC(=O)[C@@H]1C(=O)NC(SCc2cccc3ccccc23)=C(C#N)[C@H]1c1ccccc1C. The van der Waals surface area contributed by atoms with Gasteiger partial charge in [-0.3, -0.25) is 9.59 Å². The number of benzene rings is 3. The molecule has 1 aliphatic rings. The predicted octanol–water partition coefficient (Wildman–Crippen LogP) is 4.82. The summed E-state index contributed by atoms with van der Waals surface area (Å²) in [6, 6.07) is 24.0. The van der Waals surface area contributed by atoms with Crippen LogP contribution >= 0.6 is 11.8 Å². The molecule has 0 radical (unpaired) electrons. The maximum atomic E-state index is 13.0. The summed E-state index contributed by atoms with van der Waals surface area (Å²) in [6.07, 6.45) is 0. The zero-order valence-corrected chi connectivity index (χ0v) is 18.6. The van der Waals surface area contributed by atoms with E-state index >= 15 is 0 Å². The molecule has 1 amide bonds. The largest absolute Gasteiger partial charge is 0.468 e. The van der Waals surface area contributed by atoms with E-state index in [0.717, 1.165) is 27.5 Å². The molecule has 4 rings (SSSR count). The van der Waals surface area contributed by atoms with Gasteiger partial charge in [-0.25, -0.2) is 0 Å². The minimum atomic E-state index is -1.11. The molecule has 1 heterocycles. The average molecular weight is 443 g/mol. The Kier molecular flexibility index (Phi) is 6.29. The van der Waals surface area contributed by atoms with Crippen molar-refractivity contribution >= 4 is 34.4 Å². The number of hydrogen-bond donors (Lipinski definition) is 1. The first-order valence-corrected chi connectivity index (χ1v) is 11.2. The molecule has 0 aromatic heterocycles. The first-order chi connectivity index (χ1) is 15.5. The maximum Gasteiger partial charge on any atom is 0.319 e. The molecule has 0 saturated heterocycles. The molecule has 32 heavy (non-hydrogen) atoms. The first-order valence-electron chi connectivity index (χ1n) is 10.2. The molecule has 3 aromatic carbocycles. The Morgan fingerprint density at radius 2 is 1.81 bits per heavy atom. The fourth-order valence-corrected chi connectivity index (χ4v) is 5.21. The quantitative estimate of drug-likeness (QED) is 0.453. The van der Waals surface area contributed by atoms with Crippen LogP contribution in [0, 0.1) is 24.2 Å². The lowest BCUT2D eigenvalue weighted by molar-refractivity contribution is -0.150. The Balaban J connectivity index is 1.76. The van der Waals surface area contributed by atoms with Crippen LogP contribution < -0.4 is 5.32 Å². The molecule has 0 bridgehead atoms. The molecular formula is C26H22N2O3S. The van der Waals surface area contributed by atoms with Gasteiger partial charge in [-0.2, -0.15) is 5.26 Å². The van der Waals surface area contributed by atoms with Gasteiger partial charge < -0.3 is 10.1 Å². The average Bonchev–Trinajstić information content (AvgIpc) is 2.82. The molecule has 6 heteroatoms. The summed E-state index contributed by atoms with van der Waals surface area (Å²) in [5, 5.41) is 15.6. The van der Waals surface area contributed by atoms with Gasteiger partial charge in [0, 0.05) is 11.7 Å². The summed E-state index contributed by atoms with van der Waals surface area (Å²) in [6.45, 7) is 1.91. The zero-order valence-electron chi connectivity index (χ0n) is 17.8. The van der Waals surface area contributed by atoms with Crippen molar-refractivity contribution in [3.05, 3.63) is 94.0 Å². The maximum absolute atomic E-state index is 13.0. The highest BCUT2D eigenvalue weighted by atomic mass is 32.2. The standard InChI is InChI=1S/C26H22N2O3S/c1-16-8-3-5-12-19(16)22-21(14-27)25(28-24(29)23(22)26(30)31-2)32-15-18-11-7-10-17-9-4-6-13-20(17)18/h3-13,22-23H,15H2,1-2H3,(H,28,29)/t22-,23+/m1/s1. The number of rotatable bonds is 5. The number of aryl methyl sites for hydroxylation is 1. The molecule has 5 nitrogen and oxygen atoms in total. The summed E-state index contributed by atoms with van der Waals surface area (Å²) >= 11 is 1.40. The highest BCUT2D eigenvalue weighted by Crippen LogP contribution is 2.42. The molecule has 0 unspecified atom stereocenters. The second kappa shape index (κ2) is 9.29. The third-order valence-electron chi connectivity index (χ3n) is 5.76. The number of methoxy groups -OCH3 is 1. The van der Waals surface area contributed by atoms with Gasteiger partial charge in [-0.15, -0.1) is 11.8 Å². The van der Waals surface area contributed by atoms with Crippen LogP contribution in [0.2, 0.25) is 0 Å². The monoisotopic (exact) mass is 442 g/mol. The molecular weight excluding hydrogens is 420 g/mol. The van der Waals surface area contributed by atoms with Crippen LogP contribution in [0.3, 0.4) is 0 Å². The number of ether oxygens (including phenoxy) is 1. The smallest absolute Gasteiger partial charge is 0.319 e. The van der Waals surface area contributed by atoms with Crippen LogP contribution in [0.25, 0.3) is 10.8 Å². The Morgan fingerprint density at radius 3 is 2.56 bits per heavy atom. The van der Waals surface area contributed by atoms with Gasteiger partial charge in [-0.1, -0.05) is 66.7 Å². The summed E-state index contributed by atoms with van der Waals surface area (Å²) in [5.41, 5.74) is 3.17. The van der Waals surface area contributed by atoms with E-state index in [1.165, 1.54) is 18.9 Å². The molecule has 1 N–H and O–H groups in total. The first kappa shape index (κ1) is 21.7. The van der Waals surface area contributed by atoms with Crippen LogP contribution in [0.1, 0.15) is 22.6 Å². The number of thioether (sulfide) groups is 1. The number of nitriles is 1. The van der Waals surface area contributed by atoms with Gasteiger partial charge >= 0.3 is 5.97 Å². The van der Waals surface area contributed by atoms with Crippen LogP contribution in [0.15, 0.2) is 77.3 Å². The summed E-state index contributed by atoms with van der Waals surface area (Å²) in [7, 11) is 1.26. The number of carbonyl (C=O) groups is 2. The molecule has 0 aliphatic carbocycles. The fourth-order valence-electron chi connectivity index (χ4n) is 4.16. The van der Waals surface area contributed by atoms with Crippen molar-refractivity contribution < 1.29 is 14.3 Å². The van der Waals surface area contributed by atoms with E-state index < -0.39 is 23.7 Å². The van der Waals surface area contributed by atoms with Crippen molar-refractivity contribution in [2.45, 2.75) is 18.6 Å². The number of nitrogens with zero attached hydrogens (tertiary/aromatic N) is 1. The Labute approximate surface area is 191 Å². The van der Waals surface area contributed by atoms with E-state index in [1.807, 2.05) is 55.5 Å². The van der Waals surface area contributed by atoms with Crippen molar-refractivity contribution in [3.63, 3.8) is 0 Å². The van der Waals surface area contributed by atoms with Gasteiger partial charge in [-0.05, 0) is 34.4 Å². The Hall–Kier alpha value is -3.56. The number of nitrogens with one attached hydrogen (secondary N) is 1. The molecule has 0 spiro atoms. The van der Waals surface area contributed by atoms with Gasteiger partial charge in [0.2, 0.25) is 5.91 Å². The minimum Gasteiger partial charge on any atom is -0.468 e. The molecule has 160 valence electrons. The highest BCUT2D eigenvalue weighted by molar-refractivity contribution is 8.02. The van der Waals surface area contributed by atoms with Gasteiger partial charge in [0.25, 0.3) is 0 Å². The molecule has 3 aromatic rings. The number of hydrogen-bond acceptors (Lipinski definition) is 5. The van der Waals surface area contributed by atoms with Crippen LogP contribution in [-0.2, 0) is 20.1 Å². The van der Waals surface area contributed by atoms with E-state index in [2.05, 4.69) is 29.6 Å². The second-order valence-electron chi connectivity index (χ2n) is 7.61. The van der Waals surface area contributed by atoms with E-state index in [9.17, 15) is 14.9 Å². The number of amides is 1. The van der Waals surface area contributed by atoms with E-state index in [4.69, 9.17) is 4.74 Å². The zero-order chi connectivity index (χ0) is 22.7. The van der Waals surface area contributed by atoms with E-state index in [1.54, 1.807) is 0 Å². The Bertz CT molecular complexity index is 1270. The number of fused-ring (bicyclic) bond motifs is 1. The third kappa shape index (κ3) is 4.00. The lowest BCUT2D eigenvalue weighted by Crippen LogP contribution is -2.44. The van der Waals surface area contributed by atoms with Crippen molar-refractivity contribution in [2.75, 3.05) is 7.11 Å². The predicted molar refractivity (Wildman–Crippen MR) is 125 cm³/mol. The van der Waals surface area contributed by atoms with Gasteiger partial charge in [0.05, 0.1) is 23.8 Å². The van der Waals surface area contributed by atoms with Crippen molar-refractivity contribution in [1.29, 1.82) is 5.26 Å². The minimum absolute atomic E-state index is 0.375. The summed E-state index contributed by atoms with van der Waals surface area (Å²) in [5.74, 6) is -2.34. The number of esters is 1. The topological polar surface area (TPSA) is 79.2 Å². The Morgan fingerprint density at radius 1 is 1.09 bits per heavy atom. The molecule has 2 atom stereocenters. The van der Waals surface area contributed by atoms with E-state index in [0.29, 0.717) is 16.4 Å². The third-order valence-corrected chi connectivity index (χ3v) is 6.83. The van der Waals surface area contributed by atoms with Crippen molar-refractivity contribution in [3.8, 4) is 6.07 Å². The lowest BCUT2D eigenvalue weighted by Gasteiger charge is -2.31. The van der Waals surface area contributed by atoms with Crippen LogP contribution in [0.5, 0.6) is 0 Å². The lowest BCUT2D eigenvalue weighted by atomic mass is 9.77. The summed E-state index contributed by atoms with van der Waals surface area (Å²) < 4.78 is 4.92. The fraction of sp³-hybridized carbons (Fsp3) is 0.192. The number of allylic oxidation sites excluding steroid dienone is 1. The van der Waals surface area contributed by atoms with Crippen LogP contribution in [0.4, 0.5) is 0 Å². The highest BCUT2D eigenvalue weighted by Gasteiger charge is 2.44. The molecule has 1 aliphatic heterocycles. The normalized spacial score (nSPS) is 18.2. The van der Waals surface area contributed by atoms with Gasteiger partial charge in [0.1, 0.15) is 5.92 Å². The number of carbonyl (C=O) groups excluding carboxylic acids is 2. The van der Waals surface area contributed by atoms with Crippen LogP contribution in [-0.4, -0.2) is 19.0 Å². The molecule has 0 saturated carbocycles. The molecule has 0 fully saturated rings. The van der Waals surface area contributed by atoms with Crippen molar-refractivity contribution in [1.82, 2.24) is 5.32 Å². The summed E-state index contributed by atoms with van der Waals surface area (Å²) in [4.78, 5) is 25.6. The van der Waals surface area contributed by atoms with Gasteiger partial charge in [0.15, 0.2) is 0 Å². The van der Waals surface area contributed by atoms with Crippen molar-refractivity contribution in [2.24, 2.45) is 5.92 Å².